The first-order valence-corrected chi connectivity index (χ1v) is 7.77. The Bertz CT molecular complexity index is 617. The number of benzene rings is 1. The van der Waals surface area contributed by atoms with E-state index in [2.05, 4.69) is 31.5 Å². The molecule has 3 aromatic rings. The molecular weight excluding hydrogens is 274 g/mol. The third kappa shape index (κ3) is 3.19. The molecular formula is C14H13N3S2. The van der Waals surface area contributed by atoms with E-state index in [1.807, 2.05) is 30.3 Å². The SMILES string of the molecule is c1ccc(-c2nsc(NCCc3ccsc3)n2)cc1. The quantitative estimate of drug-likeness (QED) is 0.773. The highest BCUT2D eigenvalue weighted by molar-refractivity contribution is 7.09. The van der Waals surface area contributed by atoms with Crippen molar-refractivity contribution in [2.75, 3.05) is 11.9 Å². The van der Waals surface area contributed by atoms with E-state index in [4.69, 9.17) is 0 Å². The number of anilines is 1. The van der Waals surface area contributed by atoms with Crippen LogP contribution in [0.1, 0.15) is 5.56 Å². The maximum Gasteiger partial charge on any atom is 0.202 e. The summed E-state index contributed by atoms with van der Waals surface area (Å²) in [4.78, 5) is 4.50. The molecule has 2 heterocycles. The van der Waals surface area contributed by atoms with Crippen molar-refractivity contribution in [2.24, 2.45) is 0 Å². The minimum atomic E-state index is 0.795. The molecule has 0 amide bonds. The predicted octanol–water partition coefficient (Wildman–Crippen LogP) is 3.92. The molecule has 0 aliphatic rings. The lowest BCUT2D eigenvalue weighted by Crippen LogP contribution is -2.03. The molecule has 0 fully saturated rings. The zero-order valence-electron chi connectivity index (χ0n) is 10.2. The van der Waals surface area contributed by atoms with Crippen molar-refractivity contribution >= 4 is 28.0 Å². The highest BCUT2D eigenvalue weighted by Crippen LogP contribution is 2.20. The first kappa shape index (κ1) is 12.3. The molecule has 0 saturated heterocycles. The van der Waals surface area contributed by atoms with Gasteiger partial charge in [-0.15, -0.1) is 0 Å². The average Bonchev–Trinajstić information content (AvgIpc) is 3.11. The van der Waals surface area contributed by atoms with Crippen molar-refractivity contribution in [3.05, 3.63) is 52.7 Å². The molecule has 0 aliphatic carbocycles. The molecule has 1 N–H and O–H groups in total. The van der Waals surface area contributed by atoms with Gasteiger partial charge in [0.05, 0.1) is 0 Å². The summed E-state index contributed by atoms with van der Waals surface area (Å²) in [6.07, 6.45) is 1.02. The van der Waals surface area contributed by atoms with Crippen LogP contribution in [-0.2, 0) is 6.42 Å². The number of rotatable bonds is 5. The Morgan fingerprint density at radius 1 is 1.11 bits per heavy atom. The van der Waals surface area contributed by atoms with E-state index in [-0.39, 0.29) is 0 Å². The van der Waals surface area contributed by atoms with Gasteiger partial charge >= 0.3 is 0 Å². The summed E-state index contributed by atoms with van der Waals surface area (Å²) < 4.78 is 4.37. The highest BCUT2D eigenvalue weighted by Gasteiger charge is 2.05. The Morgan fingerprint density at radius 2 is 2.00 bits per heavy atom. The number of thiophene rings is 1. The van der Waals surface area contributed by atoms with Gasteiger partial charge in [0.25, 0.3) is 0 Å². The molecule has 0 saturated carbocycles. The van der Waals surface area contributed by atoms with Crippen LogP contribution in [0.25, 0.3) is 11.4 Å². The van der Waals surface area contributed by atoms with Crippen LogP contribution in [0.2, 0.25) is 0 Å². The molecule has 1 aromatic carbocycles. The number of nitrogens with zero attached hydrogens (tertiary/aromatic N) is 2. The average molecular weight is 287 g/mol. The van der Waals surface area contributed by atoms with Crippen LogP contribution in [0.4, 0.5) is 5.13 Å². The molecule has 0 spiro atoms. The second kappa shape index (κ2) is 5.95. The second-order valence-corrected chi connectivity index (χ2v) is 5.63. The van der Waals surface area contributed by atoms with E-state index in [0.717, 1.165) is 29.5 Å². The Morgan fingerprint density at radius 3 is 2.79 bits per heavy atom. The second-order valence-electron chi connectivity index (χ2n) is 4.10. The van der Waals surface area contributed by atoms with Gasteiger partial charge in [-0.3, -0.25) is 0 Å². The zero-order chi connectivity index (χ0) is 12.9. The van der Waals surface area contributed by atoms with E-state index in [0.29, 0.717) is 0 Å². The van der Waals surface area contributed by atoms with Crippen LogP contribution in [0.15, 0.2) is 47.2 Å². The molecule has 0 radical (unpaired) electrons. The van der Waals surface area contributed by atoms with E-state index in [9.17, 15) is 0 Å². The van der Waals surface area contributed by atoms with Gasteiger partial charge in [-0.25, -0.2) is 0 Å². The summed E-state index contributed by atoms with van der Waals surface area (Å²) in [5.41, 5.74) is 2.43. The Labute approximate surface area is 120 Å². The number of hydrogen-bond acceptors (Lipinski definition) is 5. The maximum atomic E-state index is 4.50. The number of aromatic nitrogens is 2. The fourth-order valence-electron chi connectivity index (χ4n) is 1.75. The number of hydrogen-bond donors (Lipinski definition) is 1. The third-order valence-electron chi connectivity index (χ3n) is 2.73. The summed E-state index contributed by atoms with van der Waals surface area (Å²) in [6.45, 7) is 0.889. The summed E-state index contributed by atoms with van der Waals surface area (Å²) in [7, 11) is 0. The summed E-state index contributed by atoms with van der Waals surface area (Å²) in [5, 5.41) is 8.49. The monoisotopic (exact) mass is 287 g/mol. The lowest BCUT2D eigenvalue weighted by atomic mass is 10.2. The lowest BCUT2D eigenvalue weighted by Gasteiger charge is -1.99. The fourth-order valence-corrected chi connectivity index (χ4v) is 3.06. The normalized spacial score (nSPS) is 10.5. The molecule has 0 aliphatic heterocycles. The molecule has 5 heteroatoms. The molecule has 3 rings (SSSR count). The van der Waals surface area contributed by atoms with Crippen molar-refractivity contribution < 1.29 is 0 Å². The van der Waals surface area contributed by atoms with Crippen LogP contribution in [-0.4, -0.2) is 15.9 Å². The lowest BCUT2D eigenvalue weighted by molar-refractivity contribution is 1.02. The van der Waals surface area contributed by atoms with Gasteiger partial charge < -0.3 is 5.32 Å². The number of nitrogens with one attached hydrogen (secondary N) is 1. The van der Waals surface area contributed by atoms with Gasteiger partial charge in [0.2, 0.25) is 5.13 Å². The van der Waals surface area contributed by atoms with Crippen molar-refractivity contribution in [1.29, 1.82) is 0 Å². The van der Waals surface area contributed by atoms with E-state index >= 15 is 0 Å². The van der Waals surface area contributed by atoms with Gasteiger partial charge in [-0.1, -0.05) is 30.3 Å². The van der Waals surface area contributed by atoms with E-state index < -0.39 is 0 Å². The van der Waals surface area contributed by atoms with Gasteiger partial charge in [-0.05, 0) is 28.8 Å². The maximum absolute atomic E-state index is 4.50. The highest BCUT2D eigenvalue weighted by atomic mass is 32.1. The molecule has 3 nitrogen and oxygen atoms in total. The first-order valence-electron chi connectivity index (χ1n) is 6.06. The van der Waals surface area contributed by atoms with Gasteiger partial charge in [0, 0.05) is 23.6 Å². The molecule has 19 heavy (non-hydrogen) atoms. The summed E-state index contributed by atoms with van der Waals surface area (Å²) in [6, 6.07) is 12.2. The largest absolute Gasteiger partial charge is 0.360 e. The molecule has 0 atom stereocenters. The van der Waals surface area contributed by atoms with Crippen molar-refractivity contribution in [3.63, 3.8) is 0 Å². The van der Waals surface area contributed by atoms with Crippen molar-refractivity contribution in [2.45, 2.75) is 6.42 Å². The van der Waals surface area contributed by atoms with E-state index in [1.165, 1.54) is 17.1 Å². The van der Waals surface area contributed by atoms with Crippen LogP contribution in [0, 0.1) is 0 Å². The van der Waals surface area contributed by atoms with Crippen LogP contribution >= 0.6 is 22.9 Å². The Balaban J connectivity index is 1.59. The smallest absolute Gasteiger partial charge is 0.202 e. The minimum Gasteiger partial charge on any atom is -0.360 e. The minimum absolute atomic E-state index is 0.795. The third-order valence-corrected chi connectivity index (χ3v) is 4.13. The summed E-state index contributed by atoms with van der Waals surface area (Å²) in [5.74, 6) is 0.795. The van der Waals surface area contributed by atoms with E-state index in [1.54, 1.807) is 11.3 Å². The van der Waals surface area contributed by atoms with Crippen molar-refractivity contribution in [1.82, 2.24) is 9.36 Å². The van der Waals surface area contributed by atoms with Gasteiger partial charge in [-0.2, -0.15) is 20.7 Å². The molecule has 0 unspecified atom stereocenters. The zero-order valence-corrected chi connectivity index (χ0v) is 11.9. The predicted molar refractivity (Wildman–Crippen MR) is 81.9 cm³/mol. The van der Waals surface area contributed by atoms with Crippen LogP contribution in [0.3, 0.4) is 0 Å². The fraction of sp³-hybridized carbons (Fsp3) is 0.143. The molecule has 96 valence electrons. The van der Waals surface area contributed by atoms with Crippen LogP contribution < -0.4 is 5.32 Å². The summed E-state index contributed by atoms with van der Waals surface area (Å²) >= 11 is 3.15. The standard InChI is InChI=1S/C14H13N3S2/c1-2-4-12(5-3-1)13-16-14(19-17-13)15-8-6-11-7-9-18-10-11/h1-5,7,9-10H,6,8H2,(H,15,16,17). The Hall–Kier alpha value is -1.72. The molecule has 2 aromatic heterocycles. The van der Waals surface area contributed by atoms with Crippen molar-refractivity contribution in [3.8, 4) is 11.4 Å². The van der Waals surface area contributed by atoms with Crippen LogP contribution in [0.5, 0.6) is 0 Å². The topological polar surface area (TPSA) is 37.8 Å². The Kier molecular flexibility index (Phi) is 3.86. The van der Waals surface area contributed by atoms with Gasteiger partial charge in [0.1, 0.15) is 0 Å². The first-order chi connectivity index (χ1) is 9.42. The van der Waals surface area contributed by atoms with Gasteiger partial charge in [0.15, 0.2) is 5.82 Å². The molecule has 0 bridgehead atoms.